The van der Waals surface area contributed by atoms with Crippen LogP contribution in [0.15, 0.2) is 0 Å². The number of hydrogen-bond donors (Lipinski definition) is 2. The predicted molar refractivity (Wildman–Crippen MR) is 110 cm³/mol. The Labute approximate surface area is 264 Å². The first kappa shape index (κ1) is 41.3. The van der Waals surface area contributed by atoms with Gasteiger partial charge in [0.2, 0.25) is 0 Å². The minimum absolute atomic E-state index is 0. The van der Waals surface area contributed by atoms with Crippen molar-refractivity contribution in [2.75, 3.05) is 92.1 Å². The Morgan fingerprint density at radius 2 is 0.610 bits per heavy atom. The third-order valence-electron chi connectivity index (χ3n) is 5.97. The molecule has 0 aliphatic carbocycles. The van der Waals surface area contributed by atoms with E-state index in [0.717, 1.165) is 0 Å². The standard InChI is InChI=1S/C20H28F12N2O6.Sr/c21-17(22,23)15(35,18(24,25)26)13-33-1-5-37-9-10-39-7-3-34(4-8-40-12-11-38-6-2-33)14-16(36,19(27,28)29)20(30,31)32;/h1-14H2;/q-2;+2/p+2. The molecule has 0 aromatic carbocycles. The fraction of sp³-hybridized carbons (Fsp3) is 1.00. The van der Waals surface area contributed by atoms with Gasteiger partial charge < -0.3 is 39.0 Å². The smallest absolute Gasteiger partial charge is 0.832 e. The van der Waals surface area contributed by atoms with Gasteiger partial charge in [0, 0.05) is 0 Å². The van der Waals surface area contributed by atoms with Crippen molar-refractivity contribution in [3.05, 3.63) is 0 Å². The zero-order chi connectivity index (χ0) is 30.9. The summed E-state index contributed by atoms with van der Waals surface area (Å²) in [6.07, 6.45) is -24.5. The van der Waals surface area contributed by atoms with E-state index in [1.807, 2.05) is 0 Å². The van der Waals surface area contributed by atoms with Crippen LogP contribution in [0.3, 0.4) is 0 Å². The molecule has 1 aliphatic rings. The van der Waals surface area contributed by atoms with Crippen LogP contribution < -0.4 is 20.0 Å². The van der Waals surface area contributed by atoms with E-state index >= 15 is 0 Å². The summed E-state index contributed by atoms with van der Waals surface area (Å²) < 4.78 is 176. The van der Waals surface area contributed by atoms with Gasteiger partial charge in [-0.05, 0) is 0 Å². The van der Waals surface area contributed by atoms with Crippen LogP contribution in [0.4, 0.5) is 52.7 Å². The fourth-order valence-corrected chi connectivity index (χ4v) is 3.54. The molecule has 8 nitrogen and oxygen atoms in total. The van der Waals surface area contributed by atoms with E-state index in [4.69, 9.17) is 18.9 Å². The SMILES string of the molecule is [O-]C(C[NH+]1CCOCCOCC[NH+](CC([O-])(C(F)(F)F)C(F)(F)F)CCOCCOCC1)(C(F)(F)F)C(F)(F)F.[Sr+2]. The first-order chi connectivity index (χ1) is 18.2. The zero-order valence-corrected chi connectivity index (χ0v) is 25.1. The van der Waals surface area contributed by atoms with Crippen LogP contribution >= 0.6 is 0 Å². The van der Waals surface area contributed by atoms with E-state index in [-0.39, 0.29) is 71.9 Å². The van der Waals surface area contributed by atoms with Crippen molar-refractivity contribution in [3.8, 4) is 0 Å². The molecule has 240 valence electrons. The van der Waals surface area contributed by atoms with Crippen LogP contribution in [0, 0.1) is 0 Å². The van der Waals surface area contributed by atoms with Gasteiger partial charge in [0.05, 0.1) is 65.9 Å². The average molecular weight is 710 g/mol. The summed E-state index contributed by atoms with van der Waals surface area (Å²) in [4.78, 5) is -0.829. The Morgan fingerprint density at radius 3 is 0.780 bits per heavy atom. The molecule has 1 saturated heterocycles. The van der Waals surface area contributed by atoms with Crippen molar-refractivity contribution >= 4 is 45.5 Å². The van der Waals surface area contributed by atoms with Crippen molar-refractivity contribution in [1.29, 1.82) is 0 Å². The average Bonchev–Trinajstić information content (AvgIpc) is 2.78. The number of ether oxygens (including phenoxy) is 4. The quantitative estimate of drug-likeness (QED) is 0.257. The Bertz CT molecular complexity index is 631. The molecule has 0 aromatic heterocycles. The van der Waals surface area contributed by atoms with Crippen LogP contribution in [0.25, 0.3) is 0 Å². The maximum absolute atomic E-state index is 13.0. The van der Waals surface area contributed by atoms with Crippen LogP contribution in [0.5, 0.6) is 0 Å². The summed E-state index contributed by atoms with van der Waals surface area (Å²) in [6, 6.07) is 0. The van der Waals surface area contributed by atoms with Gasteiger partial charge in [0.15, 0.2) is 0 Å². The molecular weight excluding hydrogens is 680 g/mol. The second-order valence-corrected chi connectivity index (χ2v) is 8.95. The molecule has 2 N–H and O–H groups in total. The number of alkyl halides is 12. The van der Waals surface area contributed by atoms with Gasteiger partial charge in [-0.3, -0.25) is 0 Å². The summed E-state index contributed by atoms with van der Waals surface area (Å²) in [5.41, 5.74) is -10.5. The molecule has 0 saturated carbocycles. The molecule has 0 bridgehead atoms. The third kappa shape index (κ3) is 12.7. The summed E-state index contributed by atoms with van der Waals surface area (Å²) in [5, 5.41) is 23.7. The van der Waals surface area contributed by atoms with Crippen LogP contribution in [-0.2, 0) is 18.9 Å². The van der Waals surface area contributed by atoms with Crippen molar-refractivity contribution in [3.63, 3.8) is 0 Å². The van der Waals surface area contributed by atoms with Crippen molar-refractivity contribution < 1.29 is 91.6 Å². The Hall–Kier alpha value is 0.321. The van der Waals surface area contributed by atoms with Crippen LogP contribution in [-0.4, -0.2) is 174 Å². The Kier molecular flexibility index (Phi) is 17.3. The zero-order valence-electron chi connectivity index (χ0n) is 21.6. The van der Waals surface area contributed by atoms with E-state index in [2.05, 4.69) is 0 Å². The molecule has 0 amide bonds. The summed E-state index contributed by atoms with van der Waals surface area (Å²) in [5.74, 6) is 0. The van der Waals surface area contributed by atoms with E-state index < -0.39 is 111 Å². The normalized spacial score (nSPS) is 23.3. The molecular formula is C20H30F12N2O6Sr+2. The molecule has 0 aromatic rings. The summed E-state index contributed by atoms with van der Waals surface area (Å²) >= 11 is 0. The fourth-order valence-electron chi connectivity index (χ4n) is 3.54. The number of quaternary nitrogens is 2. The van der Waals surface area contributed by atoms with Gasteiger partial charge in [0.25, 0.3) is 0 Å². The van der Waals surface area contributed by atoms with Gasteiger partial charge in [-0.15, -0.1) is 0 Å². The molecule has 1 aliphatic heterocycles. The summed E-state index contributed by atoms with van der Waals surface area (Å²) in [6.45, 7) is -8.47. The first-order valence-corrected chi connectivity index (χ1v) is 11.8. The largest absolute Gasteiger partial charge is 2.00 e. The molecule has 41 heavy (non-hydrogen) atoms. The monoisotopic (exact) mass is 710 g/mol. The topological polar surface area (TPSA) is 91.9 Å². The molecule has 1 fully saturated rings. The summed E-state index contributed by atoms with van der Waals surface area (Å²) in [7, 11) is 0. The van der Waals surface area contributed by atoms with E-state index in [1.165, 1.54) is 0 Å². The van der Waals surface area contributed by atoms with Crippen LogP contribution in [0.1, 0.15) is 0 Å². The number of nitrogens with one attached hydrogen (secondary N) is 2. The maximum atomic E-state index is 13.0. The molecule has 0 atom stereocenters. The second kappa shape index (κ2) is 17.1. The maximum Gasteiger partial charge on any atom is 2.00 e. The van der Waals surface area contributed by atoms with Crippen molar-refractivity contribution in [1.82, 2.24) is 0 Å². The third-order valence-corrected chi connectivity index (χ3v) is 5.97. The van der Waals surface area contributed by atoms with Crippen LogP contribution in [0.2, 0.25) is 0 Å². The van der Waals surface area contributed by atoms with E-state index in [1.54, 1.807) is 0 Å². The number of halogens is 12. The Morgan fingerprint density at radius 1 is 0.415 bits per heavy atom. The second-order valence-electron chi connectivity index (χ2n) is 8.95. The minimum Gasteiger partial charge on any atom is -0.832 e. The van der Waals surface area contributed by atoms with Gasteiger partial charge in [0.1, 0.15) is 37.4 Å². The molecule has 0 unspecified atom stereocenters. The van der Waals surface area contributed by atoms with Crippen molar-refractivity contribution in [2.24, 2.45) is 0 Å². The number of hydrogen-bond acceptors (Lipinski definition) is 6. The van der Waals surface area contributed by atoms with E-state index in [0.29, 0.717) is 0 Å². The number of rotatable bonds is 4. The molecule has 1 rings (SSSR count). The Balaban J connectivity index is 0.0000160. The predicted octanol–water partition coefficient (Wildman–Crippen LogP) is -2.10. The molecule has 0 radical (unpaired) electrons. The van der Waals surface area contributed by atoms with Gasteiger partial charge in [-0.25, -0.2) is 0 Å². The van der Waals surface area contributed by atoms with Crippen molar-refractivity contribution in [2.45, 2.75) is 35.9 Å². The molecule has 21 heteroatoms. The van der Waals surface area contributed by atoms with E-state index in [9.17, 15) is 62.9 Å². The molecule has 0 spiro atoms. The van der Waals surface area contributed by atoms with Gasteiger partial charge >= 0.3 is 70.2 Å². The molecule has 1 heterocycles. The van der Waals surface area contributed by atoms with Gasteiger partial charge in [-0.1, -0.05) is 0 Å². The minimum atomic E-state index is -6.13. The first-order valence-electron chi connectivity index (χ1n) is 11.8. The van der Waals surface area contributed by atoms with Gasteiger partial charge in [-0.2, -0.15) is 52.7 Å².